The quantitative estimate of drug-likeness (QED) is 0.848. The molecule has 0 atom stereocenters. The Hall–Kier alpha value is -1.50. The number of nitriles is 1. The maximum Gasteiger partial charge on any atom is 0.124 e. The van der Waals surface area contributed by atoms with Crippen molar-refractivity contribution in [3.8, 4) is 11.8 Å². The summed E-state index contributed by atoms with van der Waals surface area (Å²) < 4.78 is 5.35. The van der Waals surface area contributed by atoms with Gasteiger partial charge in [-0.1, -0.05) is 17.7 Å². The molecule has 0 aromatic heterocycles. The molecule has 0 saturated heterocycles. The summed E-state index contributed by atoms with van der Waals surface area (Å²) in [6, 6.07) is 8.87. The maximum absolute atomic E-state index is 8.58. The van der Waals surface area contributed by atoms with Crippen LogP contribution in [0.2, 0.25) is 0 Å². The predicted octanol–water partition coefficient (Wildman–Crippen LogP) is 2.02. The number of nitrogens with two attached hydrogens (primary N) is 1. The van der Waals surface area contributed by atoms with Crippen LogP contribution < -0.4 is 10.5 Å². The number of halogens is 1. The van der Waals surface area contributed by atoms with Crippen LogP contribution in [0.4, 0.5) is 0 Å². The van der Waals surface area contributed by atoms with Crippen molar-refractivity contribution in [3.63, 3.8) is 0 Å². The Morgan fingerprint density at radius 2 is 2.13 bits per heavy atom. The highest BCUT2D eigenvalue weighted by Crippen LogP contribution is 2.13. The highest BCUT2D eigenvalue weighted by Gasteiger charge is 1.96. The Bertz CT molecular complexity index is 379. The zero-order chi connectivity index (χ0) is 11.1. The van der Waals surface area contributed by atoms with Crippen molar-refractivity contribution in [2.24, 2.45) is 5.73 Å². The molecule has 0 amide bonds. The van der Waals surface area contributed by atoms with E-state index in [1.165, 1.54) is 0 Å². The second kappa shape index (κ2) is 6.07. The van der Waals surface area contributed by atoms with Crippen molar-refractivity contribution in [3.05, 3.63) is 40.9 Å². The highest BCUT2D eigenvalue weighted by molar-refractivity contribution is 6.29. The number of hydrogen-bond donors (Lipinski definition) is 1. The smallest absolute Gasteiger partial charge is 0.124 e. The summed E-state index contributed by atoms with van der Waals surface area (Å²) in [5, 5.41) is 9.15. The average Bonchev–Trinajstić information content (AvgIpc) is 2.27. The molecule has 0 bridgehead atoms. The molecule has 78 valence electrons. The van der Waals surface area contributed by atoms with Crippen molar-refractivity contribution in [1.82, 2.24) is 0 Å². The molecule has 0 fully saturated rings. The molecule has 1 rings (SSSR count). The molecule has 0 aliphatic rings. The Morgan fingerprint density at radius 1 is 1.47 bits per heavy atom. The summed E-state index contributed by atoms with van der Waals surface area (Å²) in [5.41, 5.74) is 5.89. The summed E-state index contributed by atoms with van der Waals surface area (Å²) in [7, 11) is 0. The normalized spacial score (nSPS) is 10.9. The largest absolute Gasteiger partial charge is 0.488 e. The van der Waals surface area contributed by atoms with Crippen molar-refractivity contribution in [2.45, 2.75) is 0 Å². The first-order valence-corrected chi connectivity index (χ1v) is 4.81. The maximum atomic E-state index is 8.58. The molecule has 0 radical (unpaired) electrons. The molecule has 0 heterocycles. The minimum absolute atomic E-state index is 0.296. The first-order chi connectivity index (χ1) is 7.26. The fraction of sp³-hybridized carbons (Fsp3) is 0.182. The Kier molecular flexibility index (Phi) is 4.69. The average molecular weight is 223 g/mol. The second-order valence-electron chi connectivity index (χ2n) is 2.81. The van der Waals surface area contributed by atoms with E-state index in [1.54, 1.807) is 30.3 Å². The molecule has 1 aromatic rings. The van der Waals surface area contributed by atoms with E-state index >= 15 is 0 Å². The number of hydrogen-bond acceptors (Lipinski definition) is 3. The van der Waals surface area contributed by atoms with E-state index in [-0.39, 0.29) is 0 Å². The van der Waals surface area contributed by atoms with Gasteiger partial charge in [0.05, 0.1) is 16.7 Å². The van der Waals surface area contributed by atoms with Gasteiger partial charge in [0.25, 0.3) is 0 Å². The fourth-order valence-corrected chi connectivity index (χ4v) is 1.11. The number of nitrogens with zero attached hydrogens (tertiary/aromatic N) is 1. The molecule has 0 aliphatic heterocycles. The molecular weight excluding hydrogens is 212 g/mol. The van der Waals surface area contributed by atoms with E-state index in [0.29, 0.717) is 29.5 Å². The molecule has 2 N–H and O–H groups in total. The van der Waals surface area contributed by atoms with Crippen molar-refractivity contribution < 1.29 is 4.74 Å². The number of benzene rings is 1. The summed E-state index contributed by atoms with van der Waals surface area (Å²) in [4.78, 5) is 0. The minimum Gasteiger partial charge on any atom is -0.488 e. The summed E-state index contributed by atoms with van der Waals surface area (Å²) in [6.45, 7) is 0.695. The molecule has 3 nitrogen and oxygen atoms in total. The van der Waals surface area contributed by atoms with Crippen molar-refractivity contribution >= 4 is 11.6 Å². The van der Waals surface area contributed by atoms with E-state index in [4.69, 9.17) is 27.3 Å². The standard InChI is InChI=1S/C11H11ClN2O/c12-10(5-6-13)8-15-11-3-1-9(7-14)2-4-11/h1-5H,6,8,13H2/b10-5-. The lowest BCUT2D eigenvalue weighted by Gasteiger charge is -2.04. The van der Waals surface area contributed by atoms with Crippen LogP contribution >= 0.6 is 11.6 Å². The summed E-state index contributed by atoms with van der Waals surface area (Å²) >= 11 is 5.79. The van der Waals surface area contributed by atoms with E-state index in [1.807, 2.05) is 6.07 Å². The van der Waals surface area contributed by atoms with Crippen LogP contribution in [0.25, 0.3) is 0 Å². The van der Waals surface area contributed by atoms with Crippen LogP contribution in [-0.4, -0.2) is 13.2 Å². The number of rotatable bonds is 4. The van der Waals surface area contributed by atoms with Gasteiger partial charge < -0.3 is 10.5 Å². The molecule has 0 spiro atoms. The monoisotopic (exact) mass is 222 g/mol. The number of ether oxygens (including phenoxy) is 1. The van der Waals surface area contributed by atoms with E-state index in [9.17, 15) is 0 Å². The lowest BCUT2D eigenvalue weighted by Crippen LogP contribution is -2.00. The van der Waals surface area contributed by atoms with Crippen LogP contribution in [0.3, 0.4) is 0 Å². The van der Waals surface area contributed by atoms with Gasteiger partial charge in [-0.25, -0.2) is 0 Å². The van der Waals surface area contributed by atoms with Gasteiger partial charge in [0, 0.05) is 6.54 Å². The van der Waals surface area contributed by atoms with Gasteiger partial charge in [-0.2, -0.15) is 5.26 Å². The Balaban J connectivity index is 2.52. The molecule has 0 aliphatic carbocycles. The van der Waals surface area contributed by atoms with Crippen molar-refractivity contribution in [1.29, 1.82) is 5.26 Å². The van der Waals surface area contributed by atoms with Gasteiger partial charge in [0.15, 0.2) is 0 Å². The molecular formula is C11H11ClN2O. The minimum atomic E-state index is 0.296. The topological polar surface area (TPSA) is 59.0 Å². The van der Waals surface area contributed by atoms with Gasteiger partial charge in [-0.05, 0) is 24.3 Å². The second-order valence-corrected chi connectivity index (χ2v) is 3.30. The molecule has 4 heteroatoms. The summed E-state index contributed by atoms with van der Waals surface area (Å²) in [5.74, 6) is 0.678. The lowest BCUT2D eigenvalue weighted by atomic mass is 10.2. The Labute approximate surface area is 93.7 Å². The van der Waals surface area contributed by atoms with Crippen LogP contribution in [0.1, 0.15) is 5.56 Å². The van der Waals surface area contributed by atoms with E-state index < -0.39 is 0 Å². The van der Waals surface area contributed by atoms with E-state index in [2.05, 4.69) is 0 Å². The van der Waals surface area contributed by atoms with Gasteiger partial charge in [0.1, 0.15) is 12.4 Å². The third-order valence-electron chi connectivity index (χ3n) is 1.70. The third-order valence-corrected chi connectivity index (χ3v) is 1.96. The SMILES string of the molecule is N#Cc1ccc(OC/C(Cl)=C/CN)cc1. The first-order valence-electron chi connectivity index (χ1n) is 4.44. The fourth-order valence-electron chi connectivity index (χ4n) is 0.965. The third kappa shape index (κ3) is 4.03. The van der Waals surface area contributed by atoms with Gasteiger partial charge in [-0.15, -0.1) is 0 Å². The molecule has 0 saturated carbocycles. The highest BCUT2D eigenvalue weighted by atomic mass is 35.5. The molecule has 15 heavy (non-hydrogen) atoms. The van der Waals surface area contributed by atoms with Crippen LogP contribution in [-0.2, 0) is 0 Å². The van der Waals surface area contributed by atoms with Crippen LogP contribution in [0.5, 0.6) is 5.75 Å². The summed E-state index contributed by atoms with van der Waals surface area (Å²) in [6.07, 6.45) is 1.69. The zero-order valence-electron chi connectivity index (χ0n) is 8.11. The lowest BCUT2D eigenvalue weighted by molar-refractivity contribution is 0.359. The predicted molar refractivity (Wildman–Crippen MR) is 59.6 cm³/mol. The zero-order valence-corrected chi connectivity index (χ0v) is 8.87. The molecule has 0 unspecified atom stereocenters. The Morgan fingerprint density at radius 3 is 2.67 bits per heavy atom. The first kappa shape index (κ1) is 11.6. The van der Waals surface area contributed by atoms with Gasteiger partial charge in [-0.3, -0.25) is 0 Å². The van der Waals surface area contributed by atoms with Gasteiger partial charge in [0.2, 0.25) is 0 Å². The van der Waals surface area contributed by atoms with Crippen LogP contribution in [0, 0.1) is 11.3 Å². The van der Waals surface area contributed by atoms with Crippen molar-refractivity contribution in [2.75, 3.05) is 13.2 Å². The molecule has 1 aromatic carbocycles. The van der Waals surface area contributed by atoms with Crippen LogP contribution in [0.15, 0.2) is 35.4 Å². The van der Waals surface area contributed by atoms with E-state index in [0.717, 1.165) is 0 Å². The van der Waals surface area contributed by atoms with Gasteiger partial charge >= 0.3 is 0 Å².